The molecule has 4 heteroatoms. The molecule has 1 unspecified atom stereocenters. The molecule has 0 aromatic heterocycles. The molecule has 0 amide bonds. The monoisotopic (exact) mass is 335 g/mol. The minimum absolute atomic E-state index is 0.0644. The van der Waals surface area contributed by atoms with Gasteiger partial charge in [0.15, 0.2) is 0 Å². The molecule has 0 spiro atoms. The Kier molecular flexibility index (Phi) is 5.04. The molecule has 20 heavy (non-hydrogen) atoms. The Hall–Kier alpha value is -1.52. The third-order valence-corrected chi connectivity index (χ3v) is 3.93. The van der Waals surface area contributed by atoms with Gasteiger partial charge in [0.1, 0.15) is 11.5 Å². The minimum Gasteiger partial charge on any atom is -0.497 e. The van der Waals surface area contributed by atoms with Crippen LogP contribution in [-0.4, -0.2) is 21.3 Å². The van der Waals surface area contributed by atoms with Crippen LogP contribution in [0.4, 0.5) is 0 Å². The summed E-state index contributed by atoms with van der Waals surface area (Å²) in [4.78, 5) is 0. The van der Waals surface area contributed by atoms with Crippen molar-refractivity contribution >= 4 is 15.9 Å². The SMILES string of the molecule is CNC(c1cc(OC)cc(OC)c1)c1ccccc1Br. The van der Waals surface area contributed by atoms with Gasteiger partial charge < -0.3 is 14.8 Å². The second-order valence-corrected chi connectivity index (χ2v) is 5.24. The maximum atomic E-state index is 5.34. The number of rotatable bonds is 5. The summed E-state index contributed by atoms with van der Waals surface area (Å²) >= 11 is 3.60. The molecule has 0 aliphatic carbocycles. The fraction of sp³-hybridized carbons (Fsp3) is 0.250. The average molecular weight is 336 g/mol. The second-order valence-electron chi connectivity index (χ2n) is 4.39. The molecule has 0 saturated heterocycles. The van der Waals surface area contributed by atoms with Crippen LogP contribution in [0.1, 0.15) is 17.2 Å². The summed E-state index contributed by atoms with van der Waals surface area (Å²) in [6, 6.07) is 14.1. The highest BCUT2D eigenvalue weighted by Gasteiger charge is 2.16. The molecule has 0 saturated carbocycles. The number of nitrogens with one attached hydrogen (secondary N) is 1. The normalized spacial score (nSPS) is 12.0. The lowest BCUT2D eigenvalue weighted by Gasteiger charge is -2.20. The van der Waals surface area contributed by atoms with E-state index in [9.17, 15) is 0 Å². The Bertz CT molecular complexity index is 564. The van der Waals surface area contributed by atoms with E-state index >= 15 is 0 Å². The molecule has 0 bridgehead atoms. The molecule has 0 heterocycles. The first kappa shape index (κ1) is 14.9. The van der Waals surface area contributed by atoms with Crippen LogP contribution in [0.3, 0.4) is 0 Å². The molecule has 0 radical (unpaired) electrons. The lowest BCUT2D eigenvalue weighted by molar-refractivity contribution is 0.392. The number of hydrogen-bond donors (Lipinski definition) is 1. The summed E-state index contributed by atoms with van der Waals surface area (Å²) in [7, 11) is 5.26. The number of halogens is 1. The lowest BCUT2D eigenvalue weighted by atomic mass is 9.98. The van der Waals surface area contributed by atoms with Crippen molar-refractivity contribution in [2.75, 3.05) is 21.3 Å². The topological polar surface area (TPSA) is 30.5 Å². The third kappa shape index (κ3) is 3.14. The van der Waals surface area contributed by atoms with E-state index in [0.29, 0.717) is 0 Å². The molecule has 3 nitrogen and oxygen atoms in total. The van der Waals surface area contributed by atoms with Gasteiger partial charge >= 0.3 is 0 Å². The zero-order chi connectivity index (χ0) is 14.5. The first-order valence-electron chi connectivity index (χ1n) is 6.34. The quantitative estimate of drug-likeness (QED) is 0.902. The largest absolute Gasteiger partial charge is 0.497 e. The van der Waals surface area contributed by atoms with Gasteiger partial charge in [-0.25, -0.2) is 0 Å². The molecule has 106 valence electrons. The van der Waals surface area contributed by atoms with Gasteiger partial charge in [-0.05, 0) is 36.4 Å². The van der Waals surface area contributed by atoms with Crippen molar-refractivity contribution in [2.24, 2.45) is 0 Å². The number of benzene rings is 2. The van der Waals surface area contributed by atoms with Gasteiger partial charge in [-0.15, -0.1) is 0 Å². The van der Waals surface area contributed by atoms with E-state index in [1.165, 1.54) is 5.56 Å². The fourth-order valence-electron chi connectivity index (χ4n) is 2.21. The summed E-state index contributed by atoms with van der Waals surface area (Å²) in [5.74, 6) is 1.57. The summed E-state index contributed by atoms with van der Waals surface area (Å²) in [6.07, 6.45) is 0. The predicted molar refractivity (Wildman–Crippen MR) is 84.6 cm³/mol. The van der Waals surface area contributed by atoms with Crippen LogP contribution >= 0.6 is 15.9 Å². The maximum Gasteiger partial charge on any atom is 0.122 e. The van der Waals surface area contributed by atoms with Crippen LogP contribution in [-0.2, 0) is 0 Å². The molecule has 2 rings (SSSR count). The highest BCUT2D eigenvalue weighted by Crippen LogP contribution is 2.32. The molecular weight excluding hydrogens is 318 g/mol. The van der Waals surface area contributed by atoms with Gasteiger partial charge in [0.05, 0.1) is 20.3 Å². The van der Waals surface area contributed by atoms with E-state index in [1.807, 2.05) is 43.4 Å². The van der Waals surface area contributed by atoms with Gasteiger partial charge in [0.25, 0.3) is 0 Å². The standard InChI is InChI=1S/C16H18BrNO2/c1-18-16(14-6-4-5-7-15(14)17)11-8-12(19-2)10-13(9-11)20-3/h4-10,16,18H,1-3H3. The third-order valence-electron chi connectivity index (χ3n) is 3.21. The van der Waals surface area contributed by atoms with Crippen LogP contribution in [0.5, 0.6) is 11.5 Å². The van der Waals surface area contributed by atoms with E-state index < -0.39 is 0 Å². The first-order chi connectivity index (χ1) is 9.69. The van der Waals surface area contributed by atoms with Crippen LogP contribution in [0, 0.1) is 0 Å². The van der Waals surface area contributed by atoms with E-state index in [1.54, 1.807) is 14.2 Å². The van der Waals surface area contributed by atoms with Crippen molar-refractivity contribution in [3.8, 4) is 11.5 Å². The van der Waals surface area contributed by atoms with E-state index in [4.69, 9.17) is 9.47 Å². The van der Waals surface area contributed by atoms with E-state index in [0.717, 1.165) is 21.5 Å². The lowest BCUT2D eigenvalue weighted by Crippen LogP contribution is -2.18. The molecule has 0 aliphatic heterocycles. The smallest absolute Gasteiger partial charge is 0.122 e. The second kappa shape index (κ2) is 6.77. The highest BCUT2D eigenvalue weighted by molar-refractivity contribution is 9.10. The summed E-state index contributed by atoms with van der Waals surface area (Å²) in [5.41, 5.74) is 2.26. The first-order valence-corrected chi connectivity index (χ1v) is 7.13. The highest BCUT2D eigenvalue weighted by atomic mass is 79.9. The van der Waals surface area contributed by atoms with Crippen molar-refractivity contribution in [3.63, 3.8) is 0 Å². The fourth-order valence-corrected chi connectivity index (χ4v) is 2.72. The Balaban J connectivity index is 2.49. The van der Waals surface area contributed by atoms with Crippen LogP contribution < -0.4 is 14.8 Å². The van der Waals surface area contributed by atoms with E-state index in [-0.39, 0.29) is 6.04 Å². The van der Waals surface area contributed by atoms with Crippen molar-refractivity contribution in [1.82, 2.24) is 5.32 Å². The molecule has 0 aliphatic rings. The maximum absolute atomic E-state index is 5.34. The van der Waals surface area contributed by atoms with Crippen molar-refractivity contribution < 1.29 is 9.47 Å². The van der Waals surface area contributed by atoms with Crippen molar-refractivity contribution in [3.05, 3.63) is 58.1 Å². The van der Waals surface area contributed by atoms with Gasteiger partial charge in [-0.1, -0.05) is 34.1 Å². The summed E-state index contributed by atoms with van der Waals surface area (Å²) < 4.78 is 11.7. The molecule has 2 aromatic rings. The summed E-state index contributed by atoms with van der Waals surface area (Å²) in [5, 5.41) is 3.34. The van der Waals surface area contributed by atoms with Crippen LogP contribution in [0.2, 0.25) is 0 Å². The van der Waals surface area contributed by atoms with Crippen molar-refractivity contribution in [1.29, 1.82) is 0 Å². The average Bonchev–Trinajstić information content (AvgIpc) is 2.49. The van der Waals surface area contributed by atoms with Crippen LogP contribution in [0.15, 0.2) is 46.9 Å². The Labute approximate surface area is 128 Å². The van der Waals surface area contributed by atoms with E-state index in [2.05, 4.69) is 27.3 Å². The molecular formula is C16H18BrNO2. The van der Waals surface area contributed by atoms with Crippen molar-refractivity contribution in [2.45, 2.75) is 6.04 Å². The number of ether oxygens (including phenoxy) is 2. The number of hydrogen-bond acceptors (Lipinski definition) is 3. The Morgan fingerprint density at radius 2 is 1.60 bits per heavy atom. The Morgan fingerprint density at radius 1 is 1.00 bits per heavy atom. The van der Waals surface area contributed by atoms with Gasteiger partial charge in [-0.3, -0.25) is 0 Å². The minimum atomic E-state index is 0.0644. The van der Waals surface area contributed by atoms with Crippen LogP contribution in [0.25, 0.3) is 0 Å². The zero-order valence-corrected chi connectivity index (χ0v) is 13.4. The number of methoxy groups -OCH3 is 2. The molecule has 1 atom stereocenters. The van der Waals surface area contributed by atoms with Gasteiger partial charge in [0, 0.05) is 10.5 Å². The van der Waals surface area contributed by atoms with Gasteiger partial charge in [0.2, 0.25) is 0 Å². The molecule has 1 N–H and O–H groups in total. The van der Waals surface area contributed by atoms with Gasteiger partial charge in [-0.2, -0.15) is 0 Å². The Morgan fingerprint density at radius 3 is 2.10 bits per heavy atom. The zero-order valence-electron chi connectivity index (χ0n) is 11.8. The molecule has 0 fully saturated rings. The summed E-state index contributed by atoms with van der Waals surface area (Å²) in [6.45, 7) is 0. The molecule has 2 aromatic carbocycles. The predicted octanol–water partition coefficient (Wildman–Crippen LogP) is 3.78.